The molecule has 110 valence electrons. The van der Waals surface area contributed by atoms with E-state index in [0.29, 0.717) is 12.5 Å². The Morgan fingerprint density at radius 3 is 2.76 bits per heavy atom. The Balaban J connectivity index is 1.92. The lowest BCUT2D eigenvalue weighted by Gasteiger charge is -2.08. The fraction of sp³-hybridized carbons (Fsp3) is 0.235. The predicted molar refractivity (Wildman–Crippen MR) is 88.0 cm³/mol. The Morgan fingerprint density at radius 1 is 1.19 bits per heavy atom. The van der Waals surface area contributed by atoms with Crippen LogP contribution in [0.2, 0.25) is 0 Å². The number of guanidine groups is 1. The van der Waals surface area contributed by atoms with Gasteiger partial charge >= 0.3 is 0 Å². The number of hydrogen-bond acceptors (Lipinski definition) is 2. The molecule has 2 rings (SSSR count). The summed E-state index contributed by atoms with van der Waals surface area (Å²) in [5.74, 6) is 1.31. The number of aliphatic imine (C=N–C) groups is 1. The van der Waals surface area contributed by atoms with Crippen molar-refractivity contribution >= 4 is 11.6 Å². The predicted octanol–water partition coefficient (Wildman–Crippen LogP) is 2.97. The zero-order valence-corrected chi connectivity index (χ0v) is 12.5. The number of rotatable bonds is 5. The monoisotopic (exact) mass is 283 g/mol. The minimum atomic E-state index is 0.426. The molecule has 21 heavy (non-hydrogen) atoms. The number of ether oxygens (including phenoxy) is 1. The third kappa shape index (κ3) is 4.53. The molecule has 2 aromatic rings. The van der Waals surface area contributed by atoms with Crippen LogP contribution in [0.5, 0.6) is 5.75 Å². The second-order valence-corrected chi connectivity index (χ2v) is 4.82. The average Bonchev–Trinajstić information content (AvgIpc) is 2.47. The molecule has 0 aliphatic heterocycles. The Labute approximate surface area is 125 Å². The number of methoxy groups -OCH3 is 1. The number of nitrogens with two attached hydrogens (primary N) is 1. The van der Waals surface area contributed by atoms with E-state index in [4.69, 9.17) is 10.5 Å². The fourth-order valence-corrected chi connectivity index (χ4v) is 2.12. The van der Waals surface area contributed by atoms with Gasteiger partial charge in [-0.1, -0.05) is 30.3 Å². The summed E-state index contributed by atoms with van der Waals surface area (Å²) in [6.07, 6.45) is 0.792. The number of benzene rings is 2. The second kappa shape index (κ2) is 7.33. The molecule has 0 amide bonds. The van der Waals surface area contributed by atoms with Crippen LogP contribution in [0.3, 0.4) is 0 Å². The van der Waals surface area contributed by atoms with Crippen LogP contribution in [0.1, 0.15) is 11.1 Å². The molecule has 0 heterocycles. The van der Waals surface area contributed by atoms with Gasteiger partial charge in [0, 0.05) is 12.2 Å². The lowest BCUT2D eigenvalue weighted by Crippen LogP contribution is -2.23. The first-order valence-corrected chi connectivity index (χ1v) is 6.94. The molecule has 0 fully saturated rings. The van der Waals surface area contributed by atoms with Gasteiger partial charge in [0.25, 0.3) is 0 Å². The highest BCUT2D eigenvalue weighted by molar-refractivity contribution is 5.92. The largest absolute Gasteiger partial charge is 0.496 e. The van der Waals surface area contributed by atoms with Crippen molar-refractivity contribution in [1.82, 2.24) is 0 Å². The molecular formula is C17H21N3O. The summed E-state index contributed by atoms with van der Waals surface area (Å²) in [6, 6.07) is 16.0. The first-order chi connectivity index (χ1) is 10.2. The van der Waals surface area contributed by atoms with Gasteiger partial charge in [-0.05, 0) is 42.7 Å². The van der Waals surface area contributed by atoms with Gasteiger partial charge in [0.2, 0.25) is 0 Å². The first-order valence-electron chi connectivity index (χ1n) is 6.94. The minimum absolute atomic E-state index is 0.426. The molecular weight excluding hydrogens is 262 g/mol. The van der Waals surface area contributed by atoms with Crippen LogP contribution in [-0.4, -0.2) is 19.6 Å². The summed E-state index contributed by atoms with van der Waals surface area (Å²) in [4.78, 5) is 4.35. The maximum atomic E-state index is 5.90. The van der Waals surface area contributed by atoms with Gasteiger partial charge in [-0.3, -0.25) is 4.99 Å². The summed E-state index contributed by atoms with van der Waals surface area (Å²) < 4.78 is 5.32. The van der Waals surface area contributed by atoms with Crippen molar-refractivity contribution in [2.24, 2.45) is 10.7 Å². The van der Waals surface area contributed by atoms with Crippen molar-refractivity contribution in [3.8, 4) is 5.75 Å². The van der Waals surface area contributed by atoms with E-state index < -0.39 is 0 Å². The molecule has 0 unspecified atom stereocenters. The minimum Gasteiger partial charge on any atom is -0.496 e. The molecule has 0 aliphatic rings. The third-order valence-corrected chi connectivity index (χ3v) is 3.15. The molecule has 0 radical (unpaired) electrons. The van der Waals surface area contributed by atoms with Crippen LogP contribution in [0.4, 0.5) is 5.69 Å². The van der Waals surface area contributed by atoms with Crippen LogP contribution in [0, 0.1) is 6.92 Å². The molecule has 0 saturated heterocycles. The number of anilines is 1. The van der Waals surface area contributed by atoms with Crippen molar-refractivity contribution in [2.45, 2.75) is 13.3 Å². The molecule has 0 aliphatic carbocycles. The van der Waals surface area contributed by atoms with Crippen LogP contribution < -0.4 is 15.8 Å². The van der Waals surface area contributed by atoms with Crippen molar-refractivity contribution in [2.75, 3.05) is 19.0 Å². The van der Waals surface area contributed by atoms with E-state index in [2.05, 4.69) is 10.3 Å². The Hall–Kier alpha value is -2.49. The molecule has 0 aromatic heterocycles. The molecule has 0 saturated carbocycles. The topological polar surface area (TPSA) is 59.6 Å². The Morgan fingerprint density at radius 2 is 2.00 bits per heavy atom. The molecule has 4 nitrogen and oxygen atoms in total. The Bertz CT molecular complexity index is 623. The maximum Gasteiger partial charge on any atom is 0.193 e. The van der Waals surface area contributed by atoms with Crippen molar-refractivity contribution in [3.05, 3.63) is 59.7 Å². The van der Waals surface area contributed by atoms with Gasteiger partial charge in [-0.2, -0.15) is 0 Å². The third-order valence-electron chi connectivity index (χ3n) is 3.15. The van der Waals surface area contributed by atoms with E-state index >= 15 is 0 Å². The van der Waals surface area contributed by atoms with E-state index in [0.717, 1.165) is 23.4 Å². The van der Waals surface area contributed by atoms with Crippen LogP contribution in [-0.2, 0) is 6.42 Å². The number of para-hydroxylation sites is 1. The molecule has 0 atom stereocenters. The van der Waals surface area contributed by atoms with Gasteiger partial charge in [0.05, 0.1) is 7.11 Å². The molecule has 0 bridgehead atoms. The van der Waals surface area contributed by atoms with Crippen LogP contribution >= 0.6 is 0 Å². The van der Waals surface area contributed by atoms with Crippen LogP contribution in [0.25, 0.3) is 0 Å². The number of aryl methyl sites for hydroxylation is 1. The van der Waals surface area contributed by atoms with E-state index in [1.807, 2.05) is 55.5 Å². The smallest absolute Gasteiger partial charge is 0.193 e. The highest BCUT2D eigenvalue weighted by Gasteiger charge is 2.01. The SMILES string of the molecule is COc1ccccc1CCN=C(N)Nc1cccc(C)c1. The van der Waals surface area contributed by atoms with E-state index in [9.17, 15) is 0 Å². The zero-order valence-electron chi connectivity index (χ0n) is 12.5. The number of nitrogens with zero attached hydrogens (tertiary/aromatic N) is 1. The lowest BCUT2D eigenvalue weighted by molar-refractivity contribution is 0.410. The average molecular weight is 283 g/mol. The summed E-state index contributed by atoms with van der Waals surface area (Å²) in [5, 5.41) is 3.09. The lowest BCUT2D eigenvalue weighted by atomic mass is 10.1. The highest BCUT2D eigenvalue weighted by Crippen LogP contribution is 2.17. The van der Waals surface area contributed by atoms with E-state index in [-0.39, 0.29) is 0 Å². The second-order valence-electron chi connectivity index (χ2n) is 4.82. The molecule has 2 aromatic carbocycles. The van der Waals surface area contributed by atoms with E-state index in [1.165, 1.54) is 5.56 Å². The van der Waals surface area contributed by atoms with Gasteiger partial charge in [-0.25, -0.2) is 0 Å². The number of nitrogens with one attached hydrogen (secondary N) is 1. The Kier molecular flexibility index (Phi) is 5.21. The standard InChI is InChI=1S/C17H21N3O/c1-13-6-5-8-15(12-13)20-17(18)19-11-10-14-7-3-4-9-16(14)21-2/h3-9,12H,10-11H2,1-2H3,(H3,18,19,20). The van der Waals surface area contributed by atoms with Crippen molar-refractivity contribution in [3.63, 3.8) is 0 Å². The van der Waals surface area contributed by atoms with Crippen molar-refractivity contribution < 1.29 is 4.74 Å². The summed E-state index contributed by atoms with van der Waals surface area (Å²) >= 11 is 0. The van der Waals surface area contributed by atoms with Crippen LogP contribution in [0.15, 0.2) is 53.5 Å². The molecule has 3 N–H and O–H groups in total. The first kappa shape index (κ1) is 14.9. The highest BCUT2D eigenvalue weighted by atomic mass is 16.5. The van der Waals surface area contributed by atoms with Gasteiger partial charge in [-0.15, -0.1) is 0 Å². The number of hydrogen-bond donors (Lipinski definition) is 2. The molecule has 0 spiro atoms. The summed E-state index contributed by atoms with van der Waals surface area (Å²) in [7, 11) is 1.68. The normalized spacial score (nSPS) is 11.2. The van der Waals surface area contributed by atoms with Crippen molar-refractivity contribution in [1.29, 1.82) is 0 Å². The van der Waals surface area contributed by atoms with Gasteiger partial charge in [0.1, 0.15) is 5.75 Å². The summed E-state index contributed by atoms with van der Waals surface area (Å²) in [6.45, 7) is 2.66. The quantitative estimate of drug-likeness (QED) is 0.655. The molecule has 4 heteroatoms. The van der Waals surface area contributed by atoms with Gasteiger partial charge < -0.3 is 15.8 Å². The van der Waals surface area contributed by atoms with Gasteiger partial charge in [0.15, 0.2) is 5.96 Å². The fourth-order valence-electron chi connectivity index (χ4n) is 2.12. The summed E-state index contributed by atoms with van der Waals surface area (Å²) in [5.41, 5.74) is 9.16. The zero-order chi connectivity index (χ0) is 15.1. The maximum absolute atomic E-state index is 5.90. The van der Waals surface area contributed by atoms with E-state index in [1.54, 1.807) is 7.11 Å².